The number of nitrogens with one attached hydrogen (secondary N) is 6. The van der Waals surface area contributed by atoms with Crippen molar-refractivity contribution in [2.24, 2.45) is 11.8 Å². The van der Waals surface area contributed by atoms with Crippen LogP contribution in [0.3, 0.4) is 0 Å². The van der Waals surface area contributed by atoms with E-state index in [1.165, 1.54) is 0 Å². The van der Waals surface area contributed by atoms with E-state index in [0.717, 1.165) is 64.7 Å². The Bertz CT molecular complexity index is 682. The maximum absolute atomic E-state index is 14.0. The molecule has 10 heteroatoms. The molecule has 9 atom stereocenters. The maximum atomic E-state index is 14.0. The van der Waals surface area contributed by atoms with Crippen LogP contribution in [0.25, 0.3) is 0 Å². The van der Waals surface area contributed by atoms with Crippen molar-refractivity contribution in [2.75, 3.05) is 33.4 Å². The first kappa shape index (κ1) is 24.8. The van der Waals surface area contributed by atoms with Gasteiger partial charge in [0.05, 0.1) is 18.4 Å². The number of carbonyl (C=O) groups is 1. The highest BCUT2D eigenvalue weighted by molar-refractivity contribution is 5.79. The largest absolute Gasteiger partial charge is 0.378 e. The zero-order valence-electron chi connectivity index (χ0n) is 20.5. The third kappa shape index (κ3) is 5.74. The van der Waals surface area contributed by atoms with Crippen molar-refractivity contribution < 1.29 is 13.9 Å². The number of rotatable bonds is 6. The van der Waals surface area contributed by atoms with Crippen molar-refractivity contribution in [3.05, 3.63) is 0 Å². The number of nitrogens with zero attached hydrogens (tertiary/aromatic N) is 1. The Morgan fingerprint density at radius 1 is 1.12 bits per heavy atom. The van der Waals surface area contributed by atoms with E-state index in [-0.39, 0.29) is 42.2 Å². The number of hydrazine groups is 1. The molecule has 5 rings (SSSR count). The zero-order chi connectivity index (χ0) is 23.5. The number of carbonyl (C=O) groups excluding carboxylic acids is 1. The van der Waals surface area contributed by atoms with Crippen LogP contribution in [0.5, 0.6) is 0 Å². The molecule has 194 valence electrons. The van der Waals surface area contributed by atoms with Crippen LogP contribution in [-0.2, 0) is 9.53 Å². The number of hydrogen-bond acceptors (Lipinski definition) is 8. The van der Waals surface area contributed by atoms with Crippen LogP contribution in [-0.4, -0.2) is 87.0 Å². The number of halogens is 1. The van der Waals surface area contributed by atoms with Gasteiger partial charge in [0.15, 0.2) is 0 Å². The molecule has 0 bridgehead atoms. The first-order valence-corrected chi connectivity index (χ1v) is 13.5. The molecule has 9 nitrogen and oxygen atoms in total. The summed E-state index contributed by atoms with van der Waals surface area (Å²) < 4.78 is 19.9. The molecule has 2 aliphatic carbocycles. The van der Waals surface area contributed by atoms with Gasteiger partial charge in [0, 0.05) is 49.8 Å². The van der Waals surface area contributed by atoms with E-state index in [0.29, 0.717) is 31.5 Å². The predicted molar refractivity (Wildman–Crippen MR) is 128 cm³/mol. The van der Waals surface area contributed by atoms with E-state index in [1.807, 2.05) is 0 Å². The SMILES string of the molecule is CN1C(CNC2CCCC(C(=O)N[C@H]3CCOC4CCC(F)CC43)C2)NNC1C1CCNCN1. The van der Waals surface area contributed by atoms with Gasteiger partial charge >= 0.3 is 0 Å². The molecule has 3 aliphatic heterocycles. The van der Waals surface area contributed by atoms with Gasteiger partial charge in [-0.3, -0.25) is 15.0 Å². The standard InChI is InChI=1S/C24H44FN7O2/c1-32-22(30-31-23(32)20-7-9-26-14-28-20)13-27-17-4-2-3-15(11-17)24(33)29-19-8-10-34-21-6-5-16(25)12-18(19)21/h15-23,26-28,30-31H,2-14H2,1H3,(H,29,33)/t15?,16?,17?,18?,19-,20?,21?,22?,23?/m0/s1. The lowest BCUT2D eigenvalue weighted by molar-refractivity contribution is -0.131. The summed E-state index contributed by atoms with van der Waals surface area (Å²) in [5.74, 6) is 0.321. The summed E-state index contributed by atoms with van der Waals surface area (Å²) in [6.07, 6.45) is 7.63. The Hall–Kier alpha value is -0.880. The van der Waals surface area contributed by atoms with Crippen molar-refractivity contribution in [1.82, 2.24) is 37.0 Å². The van der Waals surface area contributed by atoms with Crippen LogP contribution in [0.15, 0.2) is 0 Å². The fourth-order valence-electron chi connectivity index (χ4n) is 6.77. The Morgan fingerprint density at radius 3 is 2.88 bits per heavy atom. The summed E-state index contributed by atoms with van der Waals surface area (Å²) in [4.78, 5) is 15.6. The first-order chi connectivity index (χ1) is 16.6. The summed E-state index contributed by atoms with van der Waals surface area (Å²) in [6.45, 7) is 3.41. The minimum Gasteiger partial charge on any atom is -0.378 e. The molecule has 1 amide bonds. The molecule has 0 aromatic heterocycles. The molecule has 2 saturated carbocycles. The number of alkyl halides is 1. The first-order valence-electron chi connectivity index (χ1n) is 13.5. The van der Waals surface area contributed by atoms with Crippen LogP contribution in [0, 0.1) is 11.8 Å². The molecule has 3 heterocycles. The van der Waals surface area contributed by atoms with Crippen LogP contribution < -0.4 is 32.1 Å². The highest BCUT2D eigenvalue weighted by Gasteiger charge is 2.41. The summed E-state index contributed by atoms with van der Waals surface area (Å²) in [6, 6.07) is 0.831. The fraction of sp³-hybridized carbons (Fsp3) is 0.958. The zero-order valence-corrected chi connectivity index (χ0v) is 20.5. The molecule has 6 N–H and O–H groups in total. The summed E-state index contributed by atoms with van der Waals surface area (Å²) >= 11 is 0. The molecule has 0 spiro atoms. The van der Waals surface area contributed by atoms with Gasteiger partial charge in [-0.05, 0) is 65.0 Å². The van der Waals surface area contributed by atoms with Crippen molar-refractivity contribution in [2.45, 2.75) is 101 Å². The molecule has 34 heavy (non-hydrogen) atoms. The molecule has 3 saturated heterocycles. The molecule has 0 aromatic rings. The smallest absolute Gasteiger partial charge is 0.223 e. The molecular weight excluding hydrogens is 437 g/mol. The van der Waals surface area contributed by atoms with Gasteiger partial charge in [-0.2, -0.15) is 0 Å². The maximum Gasteiger partial charge on any atom is 0.223 e. The lowest BCUT2D eigenvalue weighted by Crippen LogP contribution is -2.58. The quantitative estimate of drug-likeness (QED) is 0.319. The highest BCUT2D eigenvalue weighted by atomic mass is 19.1. The number of amides is 1. The van der Waals surface area contributed by atoms with Crippen molar-refractivity contribution in [3.63, 3.8) is 0 Å². The minimum atomic E-state index is -0.757. The van der Waals surface area contributed by atoms with Crippen molar-refractivity contribution in [1.29, 1.82) is 0 Å². The minimum absolute atomic E-state index is 0.0383. The Balaban J connectivity index is 1.08. The molecule has 5 fully saturated rings. The van der Waals surface area contributed by atoms with E-state index in [9.17, 15) is 9.18 Å². The van der Waals surface area contributed by atoms with Gasteiger partial charge in [0.25, 0.3) is 0 Å². The fourth-order valence-corrected chi connectivity index (χ4v) is 6.77. The molecule has 0 radical (unpaired) electrons. The predicted octanol–water partition coefficient (Wildman–Crippen LogP) is 0.148. The van der Waals surface area contributed by atoms with E-state index in [2.05, 4.69) is 44.1 Å². The normalized spacial score (nSPS) is 43.9. The van der Waals surface area contributed by atoms with E-state index in [1.54, 1.807) is 0 Å². The molecule has 5 aliphatic rings. The van der Waals surface area contributed by atoms with Crippen molar-refractivity contribution in [3.8, 4) is 0 Å². The highest BCUT2D eigenvalue weighted by Crippen LogP contribution is 2.36. The van der Waals surface area contributed by atoms with E-state index >= 15 is 0 Å². The van der Waals surface area contributed by atoms with Gasteiger partial charge in [0.1, 0.15) is 6.17 Å². The van der Waals surface area contributed by atoms with Crippen molar-refractivity contribution >= 4 is 5.91 Å². The van der Waals surface area contributed by atoms with Crippen LogP contribution in [0.1, 0.15) is 57.8 Å². The van der Waals surface area contributed by atoms with Gasteiger partial charge in [-0.1, -0.05) is 6.42 Å². The average molecular weight is 482 g/mol. The van der Waals surface area contributed by atoms with E-state index < -0.39 is 6.17 Å². The summed E-state index contributed by atoms with van der Waals surface area (Å²) in [5, 5.41) is 13.9. The third-order valence-electron chi connectivity index (χ3n) is 8.85. The monoisotopic (exact) mass is 481 g/mol. The second-order valence-corrected chi connectivity index (χ2v) is 11.0. The second kappa shape index (κ2) is 11.5. The Morgan fingerprint density at radius 2 is 2.03 bits per heavy atom. The van der Waals surface area contributed by atoms with Gasteiger partial charge < -0.3 is 20.7 Å². The molecular formula is C24H44FN7O2. The lowest BCUT2D eigenvalue weighted by Gasteiger charge is -2.43. The van der Waals surface area contributed by atoms with Crippen LogP contribution in [0.4, 0.5) is 4.39 Å². The van der Waals surface area contributed by atoms with E-state index in [4.69, 9.17) is 4.74 Å². The summed E-state index contributed by atoms with van der Waals surface area (Å²) in [7, 11) is 2.17. The van der Waals surface area contributed by atoms with Crippen LogP contribution in [0.2, 0.25) is 0 Å². The molecule has 0 aromatic carbocycles. The number of likely N-dealkylation sites (N-methyl/N-ethyl adjacent to an activating group) is 1. The number of ether oxygens (including phenoxy) is 1. The Kier molecular flexibility index (Phi) is 8.35. The van der Waals surface area contributed by atoms with Gasteiger partial charge in [-0.25, -0.2) is 15.2 Å². The third-order valence-corrected chi connectivity index (χ3v) is 8.85. The van der Waals surface area contributed by atoms with Gasteiger partial charge in [-0.15, -0.1) is 0 Å². The second-order valence-electron chi connectivity index (χ2n) is 11.0. The average Bonchev–Trinajstić information content (AvgIpc) is 3.24. The number of fused-ring (bicyclic) bond motifs is 1. The molecule has 8 unspecified atom stereocenters. The van der Waals surface area contributed by atoms with Gasteiger partial charge in [0.2, 0.25) is 5.91 Å². The van der Waals surface area contributed by atoms with Crippen LogP contribution >= 0.6 is 0 Å². The number of hydrogen-bond donors (Lipinski definition) is 6. The Labute approximate surface area is 203 Å². The lowest BCUT2D eigenvalue weighted by atomic mass is 9.77. The topological polar surface area (TPSA) is 102 Å². The summed E-state index contributed by atoms with van der Waals surface area (Å²) in [5.41, 5.74) is 6.90.